The highest BCUT2D eigenvalue weighted by Crippen LogP contribution is 2.43. The van der Waals surface area contributed by atoms with Gasteiger partial charge in [-0.25, -0.2) is 0 Å². The summed E-state index contributed by atoms with van der Waals surface area (Å²) in [6, 6.07) is 53.9. The molecule has 0 saturated carbocycles. The second-order valence-electron chi connectivity index (χ2n) is 12.0. The van der Waals surface area contributed by atoms with Crippen LogP contribution in [-0.2, 0) is 0 Å². The maximum Gasteiger partial charge on any atom is 0.213 e. The highest BCUT2D eigenvalue weighted by molar-refractivity contribution is 6.13. The van der Waals surface area contributed by atoms with Gasteiger partial charge in [0.05, 0.1) is 39.5 Å². The summed E-state index contributed by atoms with van der Waals surface area (Å²) < 4.78 is 11.3. The van der Waals surface area contributed by atoms with Crippen molar-refractivity contribution in [1.82, 2.24) is 14.1 Å². The molecule has 0 N–H and O–H groups in total. The molecule has 0 aliphatic heterocycles. The van der Waals surface area contributed by atoms with Crippen LogP contribution in [0.4, 0.5) is 0 Å². The average molecular weight is 602 g/mol. The molecule has 0 aliphatic carbocycles. The van der Waals surface area contributed by atoms with E-state index in [0.29, 0.717) is 0 Å². The summed E-state index contributed by atoms with van der Waals surface area (Å²) in [6.07, 6.45) is 3.74. The number of benzene rings is 6. The lowest BCUT2D eigenvalue weighted by molar-refractivity contribution is 0.591. The van der Waals surface area contributed by atoms with Crippen LogP contribution in [0, 0.1) is 0 Å². The van der Waals surface area contributed by atoms with E-state index in [1.807, 2.05) is 24.5 Å². The number of nitrogens with zero attached hydrogens (tertiary/aromatic N) is 3. The highest BCUT2D eigenvalue weighted by Gasteiger charge is 2.22. The summed E-state index contributed by atoms with van der Waals surface area (Å²) in [6.45, 7) is 0. The second-order valence-corrected chi connectivity index (χ2v) is 12.0. The zero-order chi connectivity index (χ0) is 30.9. The number of furan rings is 1. The number of hydrogen-bond donors (Lipinski definition) is 0. The van der Waals surface area contributed by atoms with Crippen molar-refractivity contribution in [2.75, 3.05) is 0 Å². The smallest absolute Gasteiger partial charge is 0.213 e. The molecule has 0 amide bonds. The first kappa shape index (κ1) is 25.9. The monoisotopic (exact) mass is 601 g/mol. The number of pyridine rings is 1. The van der Waals surface area contributed by atoms with Crippen molar-refractivity contribution in [2.24, 2.45) is 0 Å². The molecule has 0 fully saturated rings. The normalized spacial score (nSPS) is 11.8. The van der Waals surface area contributed by atoms with E-state index in [2.05, 4.69) is 154 Å². The van der Waals surface area contributed by atoms with Gasteiger partial charge in [-0.1, -0.05) is 97.1 Å². The van der Waals surface area contributed by atoms with E-state index >= 15 is 0 Å². The minimum Gasteiger partial charge on any atom is -0.439 e. The number of aromatic nitrogens is 3. The molecule has 0 unspecified atom stereocenters. The van der Waals surface area contributed by atoms with Crippen molar-refractivity contribution >= 4 is 54.6 Å². The summed E-state index contributed by atoms with van der Waals surface area (Å²) >= 11 is 0. The lowest BCUT2D eigenvalue weighted by atomic mass is 10.0. The Morgan fingerprint density at radius 2 is 1.00 bits per heavy atom. The summed E-state index contributed by atoms with van der Waals surface area (Å²) in [7, 11) is 0. The Bertz CT molecular complexity index is 2780. The Morgan fingerprint density at radius 1 is 0.426 bits per heavy atom. The molecule has 6 aromatic carbocycles. The van der Waals surface area contributed by atoms with E-state index < -0.39 is 0 Å². The Morgan fingerprint density at radius 3 is 1.68 bits per heavy atom. The van der Waals surface area contributed by atoms with Gasteiger partial charge in [0.15, 0.2) is 0 Å². The fourth-order valence-corrected chi connectivity index (χ4v) is 7.36. The van der Waals surface area contributed by atoms with Crippen molar-refractivity contribution in [1.29, 1.82) is 0 Å². The van der Waals surface area contributed by atoms with Gasteiger partial charge in [0.2, 0.25) is 5.88 Å². The third kappa shape index (κ3) is 3.85. The molecule has 10 rings (SSSR count). The van der Waals surface area contributed by atoms with Gasteiger partial charge in [0.25, 0.3) is 0 Å². The van der Waals surface area contributed by atoms with Gasteiger partial charge in [-0.15, -0.1) is 0 Å². The molecule has 4 nitrogen and oxygen atoms in total. The molecule has 0 saturated heterocycles. The van der Waals surface area contributed by atoms with Crippen molar-refractivity contribution < 1.29 is 4.42 Å². The van der Waals surface area contributed by atoms with Crippen molar-refractivity contribution in [3.63, 3.8) is 0 Å². The van der Waals surface area contributed by atoms with Gasteiger partial charge in [-0.2, -0.15) is 0 Å². The molecule has 220 valence electrons. The number of fused-ring (bicyclic) bond motifs is 7. The Labute approximate surface area is 270 Å². The quantitative estimate of drug-likeness (QED) is 0.201. The van der Waals surface area contributed by atoms with Gasteiger partial charge in [0, 0.05) is 33.1 Å². The molecule has 0 bridgehead atoms. The van der Waals surface area contributed by atoms with E-state index in [9.17, 15) is 0 Å². The van der Waals surface area contributed by atoms with E-state index in [4.69, 9.17) is 4.42 Å². The van der Waals surface area contributed by atoms with Crippen LogP contribution in [0.15, 0.2) is 168 Å². The van der Waals surface area contributed by atoms with Gasteiger partial charge in [-0.3, -0.25) is 9.55 Å². The molecule has 0 aliphatic rings. The topological polar surface area (TPSA) is 35.9 Å². The lowest BCUT2D eigenvalue weighted by Gasteiger charge is -2.09. The maximum atomic E-state index is 6.71. The first-order valence-electron chi connectivity index (χ1n) is 15.9. The Kier molecular flexibility index (Phi) is 5.54. The van der Waals surface area contributed by atoms with Crippen LogP contribution >= 0.6 is 0 Å². The van der Waals surface area contributed by atoms with Crippen LogP contribution in [-0.4, -0.2) is 14.1 Å². The fourth-order valence-electron chi connectivity index (χ4n) is 7.36. The first-order chi connectivity index (χ1) is 23.3. The minimum atomic E-state index is 0.834. The summed E-state index contributed by atoms with van der Waals surface area (Å²) in [5.74, 6) is 0.834. The van der Waals surface area contributed by atoms with Crippen LogP contribution in [0.25, 0.3) is 88.4 Å². The Balaban J connectivity index is 1.20. The summed E-state index contributed by atoms with van der Waals surface area (Å²) in [5, 5.41) is 5.94. The third-order valence-electron chi connectivity index (χ3n) is 9.43. The standard InChI is InChI=1S/C43H27N3O/c1-2-11-28(12-3-1)42-34-16-6-9-19-41(34)47-43(42)46-38-18-8-5-15-33(38)36-26-30(21-23-40(36)46)29-20-22-39-35(25-29)32-14-4-7-17-37(32)45(39)31-13-10-24-44-27-31/h1-27H. The second kappa shape index (κ2) is 10.1. The molecular weight excluding hydrogens is 574 g/mol. The summed E-state index contributed by atoms with van der Waals surface area (Å²) in [4.78, 5) is 4.40. The average Bonchev–Trinajstić information content (AvgIpc) is 3.79. The summed E-state index contributed by atoms with van der Waals surface area (Å²) in [5.41, 5.74) is 11.1. The SMILES string of the molecule is c1ccc(-c2c(-n3c4ccccc4c4cc(-c5ccc6c(c5)c5ccccc5n6-c5cccnc5)ccc43)oc3ccccc23)cc1. The molecule has 47 heavy (non-hydrogen) atoms. The molecule has 4 aromatic heterocycles. The van der Waals surface area contributed by atoms with Crippen molar-refractivity contribution in [3.05, 3.63) is 164 Å². The van der Waals surface area contributed by atoms with Gasteiger partial charge >= 0.3 is 0 Å². The molecule has 10 aromatic rings. The minimum absolute atomic E-state index is 0.834. The van der Waals surface area contributed by atoms with Gasteiger partial charge < -0.3 is 8.98 Å². The number of rotatable bonds is 4. The van der Waals surface area contributed by atoms with Crippen molar-refractivity contribution in [3.8, 4) is 33.8 Å². The van der Waals surface area contributed by atoms with Crippen LogP contribution in [0.3, 0.4) is 0 Å². The van der Waals surface area contributed by atoms with Crippen LogP contribution in [0.5, 0.6) is 0 Å². The third-order valence-corrected chi connectivity index (χ3v) is 9.43. The zero-order valence-corrected chi connectivity index (χ0v) is 25.3. The number of para-hydroxylation sites is 3. The first-order valence-corrected chi connectivity index (χ1v) is 15.9. The van der Waals surface area contributed by atoms with E-state index in [1.165, 1.54) is 43.7 Å². The lowest BCUT2D eigenvalue weighted by Crippen LogP contribution is -1.94. The van der Waals surface area contributed by atoms with E-state index in [1.54, 1.807) is 0 Å². The largest absolute Gasteiger partial charge is 0.439 e. The predicted molar refractivity (Wildman–Crippen MR) is 194 cm³/mol. The molecule has 4 heterocycles. The maximum absolute atomic E-state index is 6.71. The van der Waals surface area contributed by atoms with Gasteiger partial charge in [-0.05, 0) is 71.3 Å². The van der Waals surface area contributed by atoms with E-state index in [0.717, 1.165) is 44.7 Å². The van der Waals surface area contributed by atoms with Crippen LogP contribution < -0.4 is 0 Å². The molecular formula is C43H27N3O. The Hall–Kier alpha value is -6.39. The van der Waals surface area contributed by atoms with Gasteiger partial charge in [0.1, 0.15) is 5.58 Å². The fraction of sp³-hybridized carbons (Fsp3) is 0. The van der Waals surface area contributed by atoms with Crippen LogP contribution in [0.1, 0.15) is 0 Å². The highest BCUT2D eigenvalue weighted by atomic mass is 16.4. The molecule has 4 heteroatoms. The predicted octanol–water partition coefficient (Wildman–Crippen LogP) is 11.4. The van der Waals surface area contributed by atoms with E-state index in [-0.39, 0.29) is 0 Å². The molecule has 0 radical (unpaired) electrons. The molecule has 0 atom stereocenters. The number of hydrogen-bond acceptors (Lipinski definition) is 2. The zero-order valence-electron chi connectivity index (χ0n) is 25.3. The molecule has 0 spiro atoms. The van der Waals surface area contributed by atoms with Crippen LogP contribution in [0.2, 0.25) is 0 Å². The van der Waals surface area contributed by atoms with Crippen molar-refractivity contribution in [2.45, 2.75) is 0 Å².